The van der Waals surface area contributed by atoms with Crippen LogP contribution in [0, 0.1) is 5.92 Å². The number of carbonyl (C=O) groups excluding carboxylic acids is 2. The van der Waals surface area contributed by atoms with Crippen LogP contribution in [0.5, 0.6) is 5.75 Å². The Morgan fingerprint density at radius 3 is 2.36 bits per heavy atom. The second kappa shape index (κ2) is 7.29. The van der Waals surface area contributed by atoms with Gasteiger partial charge in [-0.2, -0.15) is 0 Å². The summed E-state index contributed by atoms with van der Waals surface area (Å²) in [5.74, 6) is 0.417. The highest BCUT2D eigenvalue weighted by Gasteiger charge is 2.30. The minimum Gasteiger partial charge on any atom is -0.494 e. The highest BCUT2D eigenvalue weighted by atomic mass is 16.5. The first-order valence-corrected chi connectivity index (χ1v) is 7.85. The average Bonchev–Trinajstić information content (AvgIpc) is 3.29. The molecule has 0 radical (unpaired) electrons. The van der Waals surface area contributed by atoms with Crippen LogP contribution in [-0.2, 0) is 4.79 Å². The Labute approximate surface area is 131 Å². The van der Waals surface area contributed by atoms with Crippen LogP contribution in [0.1, 0.15) is 44.0 Å². The van der Waals surface area contributed by atoms with E-state index >= 15 is 0 Å². The number of benzene rings is 1. The van der Waals surface area contributed by atoms with Gasteiger partial charge in [-0.1, -0.05) is 13.8 Å². The molecule has 0 saturated heterocycles. The van der Waals surface area contributed by atoms with Crippen LogP contribution in [0.25, 0.3) is 0 Å². The van der Waals surface area contributed by atoms with E-state index in [9.17, 15) is 9.59 Å². The molecule has 2 rings (SSSR count). The Balaban J connectivity index is 1.98. The Morgan fingerprint density at radius 2 is 1.86 bits per heavy atom. The molecule has 0 aliphatic heterocycles. The zero-order valence-electron chi connectivity index (χ0n) is 13.4. The fraction of sp³-hybridized carbons (Fsp3) is 0.529. The van der Waals surface area contributed by atoms with Gasteiger partial charge in [0.1, 0.15) is 11.8 Å². The standard InChI is InChI=1S/C17H24N2O3/c1-4-22-14-9-5-12(6-10-14)16(20)19-15(11(2)3)17(21)18-13-7-8-13/h5-6,9-11,13,15H,4,7-8H2,1-3H3,(H,18,21)(H,19,20)/t15-/m0/s1. The van der Waals surface area contributed by atoms with Crippen LogP contribution < -0.4 is 15.4 Å². The highest BCUT2D eigenvalue weighted by molar-refractivity contribution is 5.97. The van der Waals surface area contributed by atoms with E-state index < -0.39 is 6.04 Å². The van der Waals surface area contributed by atoms with E-state index in [4.69, 9.17) is 4.74 Å². The van der Waals surface area contributed by atoms with Gasteiger partial charge in [-0.25, -0.2) is 0 Å². The molecule has 1 aromatic carbocycles. The lowest BCUT2D eigenvalue weighted by Gasteiger charge is -2.21. The van der Waals surface area contributed by atoms with Gasteiger partial charge >= 0.3 is 0 Å². The minimum atomic E-state index is -0.514. The maximum atomic E-state index is 12.3. The van der Waals surface area contributed by atoms with Crippen molar-refractivity contribution >= 4 is 11.8 Å². The van der Waals surface area contributed by atoms with Crippen LogP contribution in [0.15, 0.2) is 24.3 Å². The molecule has 1 aliphatic carbocycles. The summed E-state index contributed by atoms with van der Waals surface area (Å²) in [6, 6.07) is 6.70. The molecular weight excluding hydrogens is 280 g/mol. The van der Waals surface area contributed by atoms with Crippen LogP contribution in [-0.4, -0.2) is 30.5 Å². The van der Waals surface area contributed by atoms with Crippen LogP contribution in [0.2, 0.25) is 0 Å². The Morgan fingerprint density at radius 1 is 1.23 bits per heavy atom. The average molecular weight is 304 g/mol. The quantitative estimate of drug-likeness (QED) is 0.811. The zero-order chi connectivity index (χ0) is 16.1. The lowest BCUT2D eigenvalue weighted by Crippen LogP contribution is -2.50. The molecule has 0 spiro atoms. The molecular formula is C17H24N2O3. The number of hydrogen-bond acceptors (Lipinski definition) is 3. The molecule has 1 saturated carbocycles. The van der Waals surface area contributed by atoms with E-state index in [0.29, 0.717) is 12.2 Å². The van der Waals surface area contributed by atoms with Gasteiger partial charge in [0.15, 0.2) is 0 Å². The predicted molar refractivity (Wildman–Crippen MR) is 84.9 cm³/mol. The fourth-order valence-electron chi connectivity index (χ4n) is 2.15. The highest BCUT2D eigenvalue weighted by Crippen LogP contribution is 2.19. The van der Waals surface area contributed by atoms with Gasteiger partial charge in [0, 0.05) is 11.6 Å². The molecule has 0 aromatic heterocycles. The summed E-state index contributed by atoms with van der Waals surface area (Å²) < 4.78 is 5.35. The number of ether oxygens (including phenoxy) is 1. The maximum absolute atomic E-state index is 12.3. The first-order valence-electron chi connectivity index (χ1n) is 7.85. The molecule has 5 nitrogen and oxygen atoms in total. The maximum Gasteiger partial charge on any atom is 0.251 e. The summed E-state index contributed by atoms with van der Waals surface area (Å²) in [6.07, 6.45) is 2.06. The third-order valence-electron chi connectivity index (χ3n) is 3.59. The van der Waals surface area contributed by atoms with Gasteiger partial charge in [0.2, 0.25) is 5.91 Å². The number of nitrogens with one attached hydrogen (secondary N) is 2. The monoisotopic (exact) mass is 304 g/mol. The molecule has 120 valence electrons. The van der Waals surface area contributed by atoms with Crippen molar-refractivity contribution in [3.05, 3.63) is 29.8 Å². The van der Waals surface area contributed by atoms with Gasteiger partial charge < -0.3 is 15.4 Å². The van der Waals surface area contributed by atoms with E-state index in [0.717, 1.165) is 18.6 Å². The first-order chi connectivity index (χ1) is 10.5. The molecule has 2 amide bonds. The Kier molecular flexibility index (Phi) is 5.41. The first kappa shape index (κ1) is 16.3. The molecule has 1 fully saturated rings. The van der Waals surface area contributed by atoms with Crippen molar-refractivity contribution in [2.75, 3.05) is 6.61 Å². The van der Waals surface area contributed by atoms with E-state index in [-0.39, 0.29) is 23.8 Å². The van der Waals surface area contributed by atoms with E-state index in [2.05, 4.69) is 10.6 Å². The van der Waals surface area contributed by atoms with Crippen LogP contribution in [0.3, 0.4) is 0 Å². The third-order valence-corrected chi connectivity index (χ3v) is 3.59. The van der Waals surface area contributed by atoms with Crippen molar-refractivity contribution in [1.82, 2.24) is 10.6 Å². The lowest BCUT2D eigenvalue weighted by molar-refractivity contribution is -0.124. The number of amides is 2. The molecule has 5 heteroatoms. The summed E-state index contributed by atoms with van der Waals surface area (Å²) in [5, 5.41) is 5.77. The summed E-state index contributed by atoms with van der Waals surface area (Å²) in [6.45, 7) is 6.35. The second-order valence-electron chi connectivity index (χ2n) is 5.94. The van der Waals surface area contributed by atoms with Gasteiger partial charge in [-0.15, -0.1) is 0 Å². The normalized spacial score (nSPS) is 15.3. The van der Waals surface area contributed by atoms with Crippen LogP contribution in [0.4, 0.5) is 0 Å². The van der Waals surface area contributed by atoms with Crippen molar-refractivity contribution < 1.29 is 14.3 Å². The van der Waals surface area contributed by atoms with Gasteiger partial charge in [0.05, 0.1) is 6.61 Å². The summed E-state index contributed by atoms with van der Waals surface area (Å²) in [5.41, 5.74) is 0.522. The molecule has 1 atom stereocenters. The summed E-state index contributed by atoms with van der Waals surface area (Å²) >= 11 is 0. The third kappa shape index (κ3) is 4.48. The smallest absolute Gasteiger partial charge is 0.251 e. The number of hydrogen-bond donors (Lipinski definition) is 2. The molecule has 1 aromatic rings. The summed E-state index contributed by atoms with van der Waals surface area (Å²) in [7, 11) is 0. The molecule has 0 bridgehead atoms. The van der Waals surface area contributed by atoms with E-state index in [1.807, 2.05) is 20.8 Å². The van der Waals surface area contributed by atoms with Crippen molar-refractivity contribution in [2.45, 2.75) is 45.7 Å². The van der Waals surface area contributed by atoms with Gasteiger partial charge in [-0.3, -0.25) is 9.59 Å². The zero-order valence-corrected chi connectivity index (χ0v) is 13.4. The fourth-order valence-corrected chi connectivity index (χ4v) is 2.15. The molecule has 0 unspecified atom stereocenters. The molecule has 1 aliphatic rings. The van der Waals surface area contributed by atoms with E-state index in [1.165, 1.54) is 0 Å². The van der Waals surface area contributed by atoms with E-state index in [1.54, 1.807) is 24.3 Å². The second-order valence-corrected chi connectivity index (χ2v) is 5.94. The topological polar surface area (TPSA) is 67.4 Å². The largest absolute Gasteiger partial charge is 0.494 e. The Hall–Kier alpha value is -2.04. The van der Waals surface area contributed by atoms with Crippen LogP contribution >= 0.6 is 0 Å². The molecule has 0 heterocycles. The Bertz CT molecular complexity index is 521. The number of carbonyl (C=O) groups is 2. The van der Waals surface area contributed by atoms with Crippen molar-refractivity contribution in [3.63, 3.8) is 0 Å². The molecule has 22 heavy (non-hydrogen) atoms. The van der Waals surface area contributed by atoms with Gasteiger partial charge in [0.25, 0.3) is 5.91 Å². The molecule has 2 N–H and O–H groups in total. The SMILES string of the molecule is CCOc1ccc(C(=O)N[C@H](C(=O)NC2CC2)C(C)C)cc1. The number of rotatable bonds is 7. The lowest BCUT2D eigenvalue weighted by atomic mass is 10.0. The van der Waals surface area contributed by atoms with Crippen molar-refractivity contribution in [1.29, 1.82) is 0 Å². The van der Waals surface area contributed by atoms with Crippen molar-refractivity contribution in [2.24, 2.45) is 5.92 Å². The van der Waals surface area contributed by atoms with Crippen molar-refractivity contribution in [3.8, 4) is 5.75 Å². The predicted octanol–water partition coefficient (Wildman–Crippen LogP) is 2.12. The van der Waals surface area contributed by atoms with Gasteiger partial charge in [-0.05, 0) is 49.9 Å². The summed E-state index contributed by atoms with van der Waals surface area (Å²) in [4.78, 5) is 24.5. The minimum absolute atomic E-state index is 0.0328.